The van der Waals surface area contributed by atoms with Gasteiger partial charge in [-0.2, -0.15) is 0 Å². The van der Waals surface area contributed by atoms with Crippen LogP contribution in [0.4, 0.5) is 0 Å². The zero-order valence-corrected chi connectivity index (χ0v) is 10.3. The lowest BCUT2D eigenvalue weighted by atomic mass is 9.60. The molecule has 16 heavy (non-hydrogen) atoms. The average Bonchev–Trinajstić information content (AvgIpc) is 2.31. The van der Waals surface area contributed by atoms with E-state index in [0.717, 1.165) is 36.5 Å². The molecule has 0 aromatic heterocycles. The first-order valence-electron chi connectivity index (χ1n) is 7.08. The van der Waals surface area contributed by atoms with Crippen molar-refractivity contribution >= 4 is 0 Å². The summed E-state index contributed by atoms with van der Waals surface area (Å²) in [6, 6.07) is 0. The van der Waals surface area contributed by atoms with Crippen molar-refractivity contribution in [3.63, 3.8) is 0 Å². The van der Waals surface area contributed by atoms with E-state index in [0.29, 0.717) is 13.2 Å². The van der Waals surface area contributed by atoms with Gasteiger partial charge in [-0.3, -0.25) is 0 Å². The zero-order valence-electron chi connectivity index (χ0n) is 10.3. The fourth-order valence-electron chi connectivity index (χ4n) is 4.31. The molecule has 0 spiro atoms. The van der Waals surface area contributed by atoms with Crippen LogP contribution in [0.2, 0.25) is 0 Å². The molecule has 0 bridgehead atoms. The summed E-state index contributed by atoms with van der Waals surface area (Å²) >= 11 is 0. The van der Waals surface area contributed by atoms with E-state index in [9.17, 15) is 0 Å². The lowest BCUT2D eigenvalue weighted by Gasteiger charge is -2.45. The number of hydrogen-bond acceptors (Lipinski definition) is 2. The Bertz CT molecular complexity index is 179. The molecule has 4 unspecified atom stereocenters. The van der Waals surface area contributed by atoms with E-state index >= 15 is 0 Å². The SMILES string of the molecule is OCCC1CCCC2C(CCO)CCCC12. The molecule has 0 radical (unpaired) electrons. The first-order valence-corrected chi connectivity index (χ1v) is 7.08. The number of aliphatic hydroxyl groups is 2. The third kappa shape index (κ3) is 2.60. The molecule has 4 atom stereocenters. The first kappa shape index (κ1) is 12.4. The van der Waals surface area contributed by atoms with Gasteiger partial charge < -0.3 is 10.2 Å². The van der Waals surface area contributed by atoms with Crippen molar-refractivity contribution < 1.29 is 10.2 Å². The highest BCUT2D eigenvalue weighted by Crippen LogP contribution is 2.48. The highest BCUT2D eigenvalue weighted by molar-refractivity contribution is 4.89. The standard InChI is InChI=1S/C14H26O2/c15-9-7-11-3-1-5-13-12(8-10-16)4-2-6-14(11)13/h11-16H,1-10H2. The van der Waals surface area contributed by atoms with Crippen LogP contribution in [0.25, 0.3) is 0 Å². The van der Waals surface area contributed by atoms with E-state index in [1.807, 2.05) is 0 Å². The minimum Gasteiger partial charge on any atom is -0.396 e. The molecule has 94 valence electrons. The summed E-state index contributed by atoms with van der Waals surface area (Å²) in [6.07, 6.45) is 10.1. The van der Waals surface area contributed by atoms with Gasteiger partial charge in [-0.05, 0) is 49.4 Å². The summed E-state index contributed by atoms with van der Waals surface area (Å²) in [6.45, 7) is 0.719. The highest BCUT2D eigenvalue weighted by Gasteiger charge is 2.39. The van der Waals surface area contributed by atoms with Crippen LogP contribution < -0.4 is 0 Å². The van der Waals surface area contributed by atoms with E-state index in [1.165, 1.54) is 38.5 Å². The first-order chi connectivity index (χ1) is 7.86. The zero-order chi connectivity index (χ0) is 11.4. The van der Waals surface area contributed by atoms with Crippen molar-refractivity contribution in [2.75, 3.05) is 13.2 Å². The highest BCUT2D eigenvalue weighted by atomic mass is 16.3. The van der Waals surface area contributed by atoms with Gasteiger partial charge in [0.15, 0.2) is 0 Å². The minimum atomic E-state index is 0.360. The van der Waals surface area contributed by atoms with E-state index in [2.05, 4.69) is 0 Å². The second-order valence-corrected chi connectivity index (χ2v) is 5.73. The third-order valence-corrected chi connectivity index (χ3v) is 4.99. The maximum absolute atomic E-state index is 9.14. The quantitative estimate of drug-likeness (QED) is 0.773. The molecule has 0 aromatic rings. The molecular weight excluding hydrogens is 200 g/mol. The lowest BCUT2D eigenvalue weighted by Crippen LogP contribution is -2.37. The van der Waals surface area contributed by atoms with Crippen molar-refractivity contribution in [1.29, 1.82) is 0 Å². The number of fused-ring (bicyclic) bond motifs is 1. The fraction of sp³-hybridized carbons (Fsp3) is 1.00. The Morgan fingerprint density at radius 2 is 1.12 bits per heavy atom. The van der Waals surface area contributed by atoms with E-state index in [1.54, 1.807) is 0 Å². The molecule has 0 heterocycles. The summed E-state index contributed by atoms with van der Waals surface area (Å²) < 4.78 is 0. The second-order valence-electron chi connectivity index (χ2n) is 5.73. The summed E-state index contributed by atoms with van der Waals surface area (Å²) in [7, 11) is 0. The normalized spacial score (nSPS) is 39.4. The van der Waals surface area contributed by atoms with Gasteiger partial charge in [0.25, 0.3) is 0 Å². The Balaban J connectivity index is 1.98. The van der Waals surface area contributed by atoms with Gasteiger partial charge in [0.1, 0.15) is 0 Å². The van der Waals surface area contributed by atoms with Crippen LogP contribution in [-0.2, 0) is 0 Å². The van der Waals surface area contributed by atoms with Crippen LogP contribution in [-0.4, -0.2) is 23.4 Å². The van der Waals surface area contributed by atoms with E-state index in [-0.39, 0.29) is 0 Å². The summed E-state index contributed by atoms with van der Waals surface area (Å²) in [4.78, 5) is 0. The molecular formula is C14H26O2. The maximum atomic E-state index is 9.14. The predicted octanol–water partition coefficient (Wildman–Crippen LogP) is 2.58. The molecule has 2 N–H and O–H groups in total. The van der Waals surface area contributed by atoms with Crippen molar-refractivity contribution in [2.24, 2.45) is 23.7 Å². The molecule has 2 aliphatic carbocycles. The Hall–Kier alpha value is -0.0800. The molecule has 0 aromatic carbocycles. The summed E-state index contributed by atoms with van der Waals surface area (Å²) in [5.41, 5.74) is 0. The average molecular weight is 226 g/mol. The molecule has 0 aliphatic heterocycles. The fourth-order valence-corrected chi connectivity index (χ4v) is 4.31. The van der Waals surface area contributed by atoms with Gasteiger partial charge in [0, 0.05) is 13.2 Å². The summed E-state index contributed by atoms with van der Waals surface area (Å²) in [5, 5.41) is 18.3. The molecule has 2 fully saturated rings. The second kappa shape index (κ2) is 6.02. The van der Waals surface area contributed by atoms with Gasteiger partial charge >= 0.3 is 0 Å². The van der Waals surface area contributed by atoms with Crippen LogP contribution in [0, 0.1) is 23.7 Å². The van der Waals surface area contributed by atoms with Crippen LogP contribution in [0.5, 0.6) is 0 Å². The number of hydrogen-bond donors (Lipinski definition) is 2. The molecule has 0 amide bonds. The lowest BCUT2D eigenvalue weighted by molar-refractivity contribution is 0.0318. The van der Waals surface area contributed by atoms with Gasteiger partial charge in [-0.25, -0.2) is 0 Å². The largest absolute Gasteiger partial charge is 0.396 e. The van der Waals surface area contributed by atoms with Crippen molar-refractivity contribution in [2.45, 2.75) is 51.4 Å². The molecule has 0 saturated heterocycles. The van der Waals surface area contributed by atoms with Gasteiger partial charge in [-0.1, -0.05) is 25.7 Å². The monoisotopic (exact) mass is 226 g/mol. The van der Waals surface area contributed by atoms with Crippen molar-refractivity contribution in [1.82, 2.24) is 0 Å². The van der Waals surface area contributed by atoms with Gasteiger partial charge in [-0.15, -0.1) is 0 Å². The maximum Gasteiger partial charge on any atom is 0.0433 e. The number of aliphatic hydroxyl groups excluding tert-OH is 2. The minimum absolute atomic E-state index is 0.360. The summed E-state index contributed by atoms with van der Waals surface area (Å²) in [5.74, 6) is 3.24. The van der Waals surface area contributed by atoms with Crippen LogP contribution >= 0.6 is 0 Å². The Morgan fingerprint density at radius 3 is 1.50 bits per heavy atom. The van der Waals surface area contributed by atoms with Crippen molar-refractivity contribution in [3.05, 3.63) is 0 Å². The predicted molar refractivity (Wildman–Crippen MR) is 65.1 cm³/mol. The topological polar surface area (TPSA) is 40.5 Å². The molecule has 2 nitrogen and oxygen atoms in total. The Labute approximate surface area is 99.1 Å². The van der Waals surface area contributed by atoms with E-state index < -0.39 is 0 Å². The molecule has 2 rings (SSSR count). The van der Waals surface area contributed by atoms with Crippen LogP contribution in [0.3, 0.4) is 0 Å². The van der Waals surface area contributed by atoms with Gasteiger partial charge in [0.05, 0.1) is 0 Å². The molecule has 2 aliphatic rings. The molecule has 2 heteroatoms. The third-order valence-electron chi connectivity index (χ3n) is 4.99. The van der Waals surface area contributed by atoms with Crippen molar-refractivity contribution in [3.8, 4) is 0 Å². The Kier molecular flexibility index (Phi) is 4.66. The number of rotatable bonds is 4. The van der Waals surface area contributed by atoms with Crippen LogP contribution in [0.1, 0.15) is 51.4 Å². The van der Waals surface area contributed by atoms with Crippen LogP contribution in [0.15, 0.2) is 0 Å². The van der Waals surface area contributed by atoms with E-state index in [4.69, 9.17) is 10.2 Å². The molecule has 2 saturated carbocycles. The van der Waals surface area contributed by atoms with Gasteiger partial charge in [0.2, 0.25) is 0 Å². The Morgan fingerprint density at radius 1 is 0.688 bits per heavy atom. The smallest absolute Gasteiger partial charge is 0.0433 e.